The van der Waals surface area contributed by atoms with Crippen molar-refractivity contribution in [1.29, 1.82) is 0 Å². The molecule has 0 aliphatic heterocycles. The molecule has 1 aromatic rings. The SMILES string of the molecule is CCc1cccc(C)c1NC(=O)C(NC)C(=O)O. The van der Waals surface area contributed by atoms with Gasteiger partial charge in [0.25, 0.3) is 5.91 Å². The van der Waals surface area contributed by atoms with Crippen LogP contribution in [0.3, 0.4) is 0 Å². The highest BCUT2D eigenvalue weighted by Gasteiger charge is 2.24. The Balaban J connectivity index is 2.97. The van der Waals surface area contributed by atoms with Gasteiger partial charge < -0.3 is 10.4 Å². The number of carbonyl (C=O) groups excluding carboxylic acids is 1. The van der Waals surface area contributed by atoms with Crippen molar-refractivity contribution in [1.82, 2.24) is 5.32 Å². The molecule has 5 heteroatoms. The number of rotatable bonds is 5. The number of nitrogens with one attached hydrogen (secondary N) is 2. The topological polar surface area (TPSA) is 78.4 Å². The van der Waals surface area contributed by atoms with Crippen LogP contribution in [-0.2, 0) is 16.0 Å². The number of para-hydroxylation sites is 1. The number of carboxylic acids is 1. The summed E-state index contributed by atoms with van der Waals surface area (Å²) in [5.74, 6) is -1.75. The number of aryl methyl sites for hydroxylation is 2. The summed E-state index contributed by atoms with van der Waals surface area (Å²) >= 11 is 0. The van der Waals surface area contributed by atoms with E-state index in [9.17, 15) is 9.59 Å². The van der Waals surface area contributed by atoms with E-state index in [1.165, 1.54) is 7.05 Å². The molecule has 0 radical (unpaired) electrons. The number of carboxylic acid groups (broad SMARTS) is 1. The largest absolute Gasteiger partial charge is 0.480 e. The first-order valence-electron chi connectivity index (χ1n) is 5.80. The number of carbonyl (C=O) groups is 2. The van der Waals surface area contributed by atoms with Crippen molar-refractivity contribution in [3.8, 4) is 0 Å². The molecule has 1 rings (SSSR count). The fraction of sp³-hybridized carbons (Fsp3) is 0.385. The zero-order valence-corrected chi connectivity index (χ0v) is 10.8. The summed E-state index contributed by atoms with van der Waals surface area (Å²) in [4.78, 5) is 22.7. The van der Waals surface area contributed by atoms with Crippen molar-refractivity contribution >= 4 is 17.6 Å². The van der Waals surface area contributed by atoms with Crippen molar-refractivity contribution in [3.05, 3.63) is 29.3 Å². The predicted molar refractivity (Wildman–Crippen MR) is 69.7 cm³/mol. The smallest absolute Gasteiger partial charge is 0.330 e. The van der Waals surface area contributed by atoms with Crippen LogP contribution in [0, 0.1) is 6.92 Å². The molecule has 0 spiro atoms. The maximum atomic E-state index is 11.9. The van der Waals surface area contributed by atoms with Crippen molar-refractivity contribution in [3.63, 3.8) is 0 Å². The Hall–Kier alpha value is -1.88. The van der Waals surface area contributed by atoms with Gasteiger partial charge in [-0.05, 0) is 31.5 Å². The monoisotopic (exact) mass is 250 g/mol. The van der Waals surface area contributed by atoms with Gasteiger partial charge in [0.05, 0.1) is 0 Å². The van der Waals surface area contributed by atoms with Crippen LogP contribution < -0.4 is 10.6 Å². The molecule has 0 saturated carbocycles. The van der Waals surface area contributed by atoms with E-state index < -0.39 is 17.9 Å². The van der Waals surface area contributed by atoms with E-state index in [1.54, 1.807) is 0 Å². The summed E-state index contributed by atoms with van der Waals surface area (Å²) in [6.45, 7) is 3.86. The van der Waals surface area contributed by atoms with E-state index in [0.717, 1.165) is 17.5 Å². The second-order valence-corrected chi connectivity index (χ2v) is 4.01. The van der Waals surface area contributed by atoms with Crippen LogP contribution in [0.1, 0.15) is 18.1 Å². The Kier molecular flexibility index (Phi) is 4.85. The molecule has 1 atom stereocenters. The Labute approximate surface area is 106 Å². The average Bonchev–Trinajstić information content (AvgIpc) is 2.32. The third-order valence-electron chi connectivity index (χ3n) is 2.79. The average molecular weight is 250 g/mol. The van der Waals surface area contributed by atoms with Gasteiger partial charge in [-0.25, -0.2) is 4.79 Å². The highest BCUT2D eigenvalue weighted by Crippen LogP contribution is 2.21. The minimum atomic E-state index is -1.24. The van der Waals surface area contributed by atoms with Crippen LogP contribution in [-0.4, -0.2) is 30.1 Å². The number of amides is 1. The molecule has 0 aliphatic rings. The van der Waals surface area contributed by atoms with Gasteiger partial charge in [0.2, 0.25) is 0 Å². The van der Waals surface area contributed by atoms with Crippen molar-refractivity contribution in [2.45, 2.75) is 26.3 Å². The molecule has 5 nitrogen and oxygen atoms in total. The van der Waals surface area contributed by atoms with Gasteiger partial charge in [0, 0.05) is 5.69 Å². The van der Waals surface area contributed by atoms with Crippen molar-refractivity contribution < 1.29 is 14.7 Å². The second kappa shape index (κ2) is 6.16. The molecule has 98 valence electrons. The number of hydrogen-bond acceptors (Lipinski definition) is 3. The lowest BCUT2D eigenvalue weighted by atomic mass is 10.1. The van der Waals surface area contributed by atoms with Crippen LogP contribution in [0.4, 0.5) is 5.69 Å². The minimum Gasteiger partial charge on any atom is -0.480 e. The number of likely N-dealkylation sites (N-methyl/N-ethyl adjacent to an activating group) is 1. The van der Waals surface area contributed by atoms with E-state index in [-0.39, 0.29) is 0 Å². The standard InChI is InChI=1S/C13H18N2O3/c1-4-9-7-5-6-8(2)10(9)15-12(16)11(14-3)13(17)18/h5-7,11,14H,4H2,1-3H3,(H,15,16)(H,17,18). The van der Waals surface area contributed by atoms with Crippen molar-refractivity contribution in [2.75, 3.05) is 12.4 Å². The lowest BCUT2D eigenvalue weighted by Crippen LogP contribution is -2.44. The molecule has 0 aliphatic carbocycles. The van der Waals surface area contributed by atoms with Crippen molar-refractivity contribution in [2.24, 2.45) is 0 Å². The Morgan fingerprint density at radius 2 is 2.06 bits per heavy atom. The van der Waals surface area contributed by atoms with Gasteiger partial charge in [0.1, 0.15) is 0 Å². The van der Waals surface area contributed by atoms with Crippen LogP contribution in [0.15, 0.2) is 18.2 Å². The van der Waals surface area contributed by atoms with Gasteiger partial charge in [-0.1, -0.05) is 25.1 Å². The Morgan fingerprint density at radius 3 is 2.56 bits per heavy atom. The van der Waals surface area contributed by atoms with E-state index in [1.807, 2.05) is 32.0 Å². The first-order chi connectivity index (χ1) is 8.51. The van der Waals surface area contributed by atoms with Crippen LogP contribution >= 0.6 is 0 Å². The summed E-state index contributed by atoms with van der Waals surface area (Å²) in [6.07, 6.45) is 0.772. The van der Waals surface area contributed by atoms with Gasteiger partial charge in [0.15, 0.2) is 6.04 Å². The predicted octanol–water partition coefficient (Wildman–Crippen LogP) is 1.17. The molecule has 3 N–H and O–H groups in total. The zero-order valence-electron chi connectivity index (χ0n) is 10.8. The minimum absolute atomic E-state index is 0.561. The van der Waals surface area contributed by atoms with Crippen LogP contribution in [0.2, 0.25) is 0 Å². The van der Waals surface area contributed by atoms with E-state index >= 15 is 0 Å². The number of hydrogen-bond donors (Lipinski definition) is 3. The molecular weight excluding hydrogens is 232 g/mol. The molecular formula is C13H18N2O3. The van der Waals surface area contributed by atoms with Gasteiger partial charge >= 0.3 is 5.97 Å². The van der Waals surface area contributed by atoms with E-state index in [2.05, 4.69) is 10.6 Å². The summed E-state index contributed by atoms with van der Waals surface area (Å²) < 4.78 is 0. The lowest BCUT2D eigenvalue weighted by Gasteiger charge is -2.16. The Morgan fingerprint density at radius 1 is 1.39 bits per heavy atom. The molecule has 0 fully saturated rings. The number of anilines is 1. The molecule has 0 heterocycles. The number of benzene rings is 1. The molecule has 0 saturated heterocycles. The van der Waals surface area contributed by atoms with E-state index in [4.69, 9.17) is 5.11 Å². The highest BCUT2D eigenvalue weighted by atomic mass is 16.4. The van der Waals surface area contributed by atoms with Crippen LogP contribution in [0.5, 0.6) is 0 Å². The summed E-state index contributed by atoms with van der Waals surface area (Å²) in [5.41, 5.74) is 2.61. The van der Waals surface area contributed by atoms with Gasteiger partial charge in [-0.2, -0.15) is 0 Å². The molecule has 18 heavy (non-hydrogen) atoms. The van der Waals surface area contributed by atoms with E-state index in [0.29, 0.717) is 5.69 Å². The summed E-state index contributed by atoms with van der Waals surface area (Å²) in [5, 5.41) is 14.0. The maximum absolute atomic E-state index is 11.9. The summed E-state index contributed by atoms with van der Waals surface area (Å²) in [7, 11) is 1.44. The zero-order chi connectivity index (χ0) is 13.7. The third-order valence-corrected chi connectivity index (χ3v) is 2.79. The molecule has 0 bridgehead atoms. The number of aliphatic carboxylic acids is 1. The quantitative estimate of drug-likeness (QED) is 0.685. The normalized spacial score (nSPS) is 11.9. The fourth-order valence-electron chi connectivity index (χ4n) is 1.76. The van der Waals surface area contributed by atoms with Crippen LogP contribution in [0.25, 0.3) is 0 Å². The Bertz CT molecular complexity index is 458. The summed E-state index contributed by atoms with van der Waals surface area (Å²) in [6, 6.07) is 4.47. The second-order valence-electron chi connectivity index (χ2n) is 4.01. The highest BCUT2D eigenvalue weighted by molar-refractivity contribution is 6.08. The van der Waals surface area contributed by atoms with Gasteiger partial charge in [-0.15, -0.1) is 0 Å². The molecule has 1 unspecified atom stereocenters. The maximum Gasteiger partial charge on any atom is 0.330 e. The first kappa shape index (κ1) is 14.2. The molecule has 1 amide bonds. The van der Waals surface area contributed by atoms with Gasteiger partial charge in [-0.3, -0.25) is 10.1 Å². The lowest BCUT2D eigenvalue weighted by molar-refractivity contribution is -0.142. The third kappa shape index (κ3) is 3.07. The molecule has 0 aromatic heterocycles. The first-order valence-corrected chi connectivity index (χ1v) is 5.80. The molecule has 1 aromatic carbocycles. The fourth-order valence-corrected chi connectivity index (χ4v) is 1.76.